The lowest BCUT2D eigenvalue weighted by Gasteiger charge is -1.96. The first-order valence-corrected chi connectivity index (χ1v) is 3.08. The molecule has 0 fully saturated rings. The van der Waals surface area contributed by atoms with Crippen molar-refractivity contribution < 1.29 is 19.1 Å². The molecule has 70 valence electrons. The number of carbonyl (C=O) groups is 2. The van der Waals surface area contributed by atoms with Crippen molar-refractivity contribution in [2.24, 2.45) is 5.11 Å². The molecule has 0 aliphatic heterocycles. The Hall–Kier alpha value is -2.01. The van der Waals surface area contributed by atoms with Crippen LogP contribution in [0.1, 0.15) is 0 Å². The largest absolute Gasteiger partial charge is 0.466 e. The molecule has 0 atom stereocenters. The Kier molecular flexibility index (Phi) is 4.75. The summed E-state index contributed by atoms with van der Waals surface area (Å²) in [6.07, 6.45) is 0.742. The molecule has 0 radical (unpaired) electrons. The Morgan fingerprint density at radius 1 is 1.38 bits per heavy atom. The Labute approximate surface area is 73.6 Å². The van der Waals surface area contributed by atoms with Gasteiger partial charge in [0.1, 0.15) is 5.70 Å². The second kappa shape index (κ2) is 5.62. The second-order valence-corrected chi connectivity index (χ2v) is 1.73. The number of ether oxygens (including phenoxy) is 2. The topological polar surface area (TPSA) is 101 Å². The summed E-state index contributed by atoms with van der Waals surface area (Å²) < 4.78 is 8.45. The third-order valence-electron chi connectivity index (χ3n) is 1.00. The minimum atomic E-state index is -0.900. The average molecular weight is 185 g/mol. The molecule has 0 bridgehead atoms. The van der Waals surface area contributed by atoms with Crippen molar-refractivity contribution in [2.75, 3.05) is 14.2 Å². The molecule has 0 unspecified atom stereocenters. The van der Waals surface area contributed by atoms with Gasteiger partial charge in [0.2, 0.25) is 0 Å². The predicted molar refractivity (Wildman–Crippen MR) is 41.3 cm³/mol. The first-order valence-electron chi connectivity index (χ1n) is 3.08. The van der Waals surface area contributed by atoms with Gasteiger partial charge in [-0.1, -0.05) is 5.11 Å². The van der Waals surface area contributed by atoms with Gasteiger partial charge in [0.05, 0.1) is 14.2 Å². The number of azide groups is 1. The number of rotatable bonds is 3. The monoisotopic (exact) mass is 185 g/mol. The summed E-state index contributed by atoms with van der Waals surface area (Å²) in [6, 6.07) is 0. The van der Waals surface area contributed by atoms with E-state index >= 15 is 0 Å². The van der Waals surface area contributed by atoms with Gasteiger partial charge in [0.25, 0.3) is 0 Å². The molecule has 0 amide bonds. The zero-order chi connectivity index (χ0) is 10.3. The number of hydrogen-bond acceptors (Lipinski definition) is 5. The summed E-state index contributed by atoms with van der Waals surface area (Å²) in [6.45, 7) is 0. The van der Waals surface area contributed by atoms with E-state index in [2.05, 4.69) is 19.5 Å². The molecule has 7 heteroatoms. The van der Waals surface area contributed by atoms with Crippen LogP contribution in [0.15, 0.2) is 16.9 Å². The lowest BCUT2D eigenvalue weighted by molar-refractivity contribution is -0.138. The van der Waals surface area contributed by atoms with E-state index in [0.29, 0.717) is 0 Å². The molecule has 0 saturated heterocycles. The molecule has 0 aromatic heterocycles. The van der Waals surface area contributed by atoms with Gasteiger partial charge in [0, 0.05) is 11.0 Å². The van der Waals surface area contributed by atoms with Gasteiger partial charge in [-0.3, -0.25) is 0 Å². The molecule has 0 saturated carbocycles. The Morgan fingerprint density at radius 2 is 2.00 bits per heavy atom. The molecule has 0 aromatic carbocycles. The summed E-state index contributed by atoms with van der Waals surface area (Å²) in [5.41, 5.74) is 7.58. The van der Waals surface area contributed by atoms with Crippen molar-refractivity contribution in [3.8, 4) is 0 Å². The van der Waals surface area contributed by atoms with Crippen LogP contribution in [-0.2, 0) is 19.1 Å². The van der Waals surface area contributed by atoms with Crippen molar-refractivity contribution in [3.05, 3.63) is 22.2 Å². The molecule has 7 nitrogen and oxygen atoms in total. The van der Waals surface area contributed by atoms with Gasteiger partial charge in [-0.25, -0.2) is 9.59 Å². The van der Waals surface area contributed by atoms with Crippen LogP contribution in [0.4, 0.5) is 0 Å². The number of carbonyl (C=O) groups excluding carboxylic acids is 2. The van der Waals surface area contributed by atoms with Crippen LogP contribution in [0.3, 0.4) is 0 Å². The highest BCUT2D eigenvalue weighted by atomic mass is 16.5. The van der Waals surface area contributed by atoms with E-state index in [1.165, 1.54) is 0 Å². The summed E-state index contributed by atoms with van der Waals surface area (Å²) in [4.78, 5) is 23.8. The summed E-state index contributed by atoms with van der Waals surface area (Å²) in [7, 11) is 2.23. The van der Waals surface area contributed by atoms with Gasteiger partial charge in [0.15, 0.2) is 0 Å². The standard InChI is InChI=1S/C6H7N3O4/c1-12-5(10)3-4(8-9-7)6(11)13-2/h3H,1-2H3/b4-3+. The second-order valence-electron chi connectivity index (χ2n) is 1.73. The summed E-state index contributed by atoms with van der Waals surface area (Å²) in [5, 5.41) is 2.95. The summed E-state index contributed by atoms with van der Waals surface area (Å²) >= 11 is 0. The molecule has 0 spiro atoms. The normalized spacial score (nSPS) is 9.85. The molecule has 0 aliphatic rings. The van der Waals surface area contributed by atoms with Crippen LogP contribution in [0.2, 0.25) is 0 Å². The van der Waals surface area contributed by atoms with E-state index in [4.69, 9.17) is 5.53 Å². The van der Waals surface area contributed by atoms with E-state index in [1.54, 1.807) is 0 Å². The number of methoxy groups -OCH3 is 2. The highest BCUT2D eigenvalue weighted by Crippen LogP contribution is 2.00. The van der Waals surface area contributed by atoms with Crippen LogP contribution in [0.25, 0.3) is 10.4 Å². The van der Waals surface area contributed by atoms with E-state index in [9.17, 15) is 9.59 Å². The van der Waals surface area contributed by atoms with E-state index in [0.717, 1.165) is 20.3 Å². The molecule has 0 heterocycles. The zero-order valence-electron chi connectivity index (χ0n) is 7.05. The molecular formula is C6H7N3O4. The predicted octanol–water partition coefficient (Wildman–Crippen LogP) is 0.527. The highest BCUT2D eigenvalue weighted by Gasteiger charge is 2.09. The molecule has 0 aromatic rings. The van der Waals surface area contributed by atoms with Crippen molar-refractivity contribution >= 4 is 11.9 Å². The first-order chi connectivity index (χ1) is 6.15. The van der Waals surface area contributed by atoms with Crippen molar-refractivity contribution in [2.45, 2.75) is 0 Å². The van der Waals surface area contributed by atoms with E-state index < -0.39 is 17.6 Å². The Morgan fingerprint density at radius 3 is 2.38 bits per heavy atom. The fraction of sp³-hybridized carbons (Fsp3) is 0.333. The fourth-order valence-corrected chi connectivity index (χ4v) is 0.452. The minimum absolute atomic E-state index is 0.447. The van der Waals surface area contributed by atoms with Crippen LogP contribution in [0.5, 0.6) is 0 Å². The Bertz CT molecular complexity index is 290. The lowest BCUT2D eigenvalue weighted by atomic mass is 10.4. The number of esters is 2. The van der Waals surface area contributed by atoms with Crippen molar-refractivity contribution in [1.82, 2.24) is 0 Å². The maximum Gasteiger partial charge on any atom is 0.340 e. The average Bonchev–Trinajstić information content (AvgIpc) is 2.15. The van der Waals surface area contributed by atoms with Gasteiger partial charge in [-0.2, -0.15) is 0 Å². The summed E-state index contributed by atoms with van der Waals surface area (Å²) in [5.74, 6) is -1.70. The smallest absolute Gasteiger partial charge is 0.340 e. The maximum absolute atomic E-state index is 10.8. The van der Waals surface area contributed by atoms with Gasteiger partial charge in [-0.15, -0.1) is 0 Å². The maximum atomic E-state index is 10.8. The number of hydrogen-bond donors (Lipinski definition) is 0. The minimum Gasteiger partial charge on any atom is -0.466 e. The highest BCUT2D eigenvalue weighted by molar-refractivity contribution is 5.95. The molecule has 0 rings (SSSR count). The fourth-order valence-electron chi connectivity index (χ4n) is 0.452. The van der Waals surface area contributed by atoms with Crippen molar-refractivity contribution in [3.63, 3.8) is 0 Å². The molecule has 0 aliphatic carbocycles. The lowest BCUT2D eigenvalue weighted by Crippen LogP contribution is -2.06. The molecular weight excluding hydrogens is 178 g/mol. The Balaban J connectivity index is 4.79. The van der Waals surface area contributed by atoms with Crippen molar-refractivity contribution in [1.29, 1.82) is 0 Å². The molecule has 0 N–H and O–H groups in total. The van der Waals surface area contributed by atoms with Gasteiger partial charge >= 0.3 is 11.9 Å². The van der Waals surface area contributed by atoms with E-state index in [1.807, 2.05) is 0 Å². The van der Waals surface area contributed by atoms with Crippen LogP contribution < -0.4 is 0 Å². The van der Waals surface area contributed by atoms with Gasteiger partial charge in [-0.05, 0) is 5.53 Å². The van der Waals surface area contributed by atoms with Crippen LogP contribution >= 0.6 is 0 Å². The van der Waals surface area contributed by atoms with Gasteiger partial charge < -0.3 is 9.47 Å². The SMILES string of the molecule is COC(=O)/C=C(/N=[N+]=[N-])C(=O)OC. The first kappa shape index (κ1) is 11.0. The quantitative estimate of drug-likeness (QED) is 0.210. The van der Waals surface area contributed by atoms with Crippen LogP contribution in [-0.4, -0.2) is 26.2 Å². The molecule has 13 heavy (non-hydrogen) atoms. The third-order valence-corrected chi connectivity index (χ3v) is 1.00. The van der Waals surface area contributed by atoms with Crippen LogP contribution in [0, 0.1) is 0 Å². The van der Waals surface area contributed by atoms with E-state index in [-0.39, 0.29) is 0 Å². The zero-order valence-corrected chi connectivity index (χ0v) is 7.05. The third kappa shape index (κ3) is 3.78. The number of nitrogens with zero attached hydrogens (tertiary/aromatic N) is 3.